The number of carbonyl (C=O) groups excluding carboxylic acids is 1. The summed E-state index contributed by atoms with van der Waals surface area (Å²) in [5.74, 6) is 0.148. The van der Waals surface area contributed by atoms with Gasteiger partial charge in [-0.2, -0.15) is 0 Å². The van der Waals surface area contributed by atoms with Crippen LogP contribution in [0.2, 0.25) is 0 Å². The fourth-order valence-electron chi connectivity index (χ4n) is 2.44. The minimum absolute atomic E-state index is 0.439. The van der Waals surface area contributed by atoms with Gasteiger partial charge in [0.25, 0.3) is 5.91 Å². The lowest BCUT2D eigenvalue weighted by Gasteiger charge is -2.20. The Balaban J connectivity index is 1.83. The van der Waals surface area contributed by atoms with Crippen molar-refractivity contribution in [3.63, 3.8) is 0 Å². The van der Waals surface area contributed by atoms with Crippen LogP contribution < -0.4 is 11.1 Å². The van der Waals surface area contributed by atoms with Crippen LogP contribution in [0.5, 0.6) is 0 Å². The lowest BCUT2D eigenvalue weighted by molar-refractivity contribution is 0.100. The monoisotopic (exact) mass is 262 g/mol. The number of aromatic nitrogens is 1. The molecule has 0 spiro atoms. The van der Waals surface area contributed by atoms with Gasteiger partial charge < -0.3 is 16.0 Å². The summed E-state index contributed by atoms with van der Waals surface area (Å²) in [5, 5.41) is 3.21. The van der Waals surface area contributed by atoms with E-state index in [4.69, 9.17) is 5.73 Å². The van der Waals surface area contributed by atoms with Crippen molar-refractivity contribution < 1.29 is 4.79 Å². The Kier molecular flexibility index (Phi) is 5.15. The van der Waals surface area contributed by atoms with Gasteiger partial charge in [-0.25, -0.2) is 4.98 Å². The van der Waals surface area contributed by atoms with Crippen LogP contribution in [0, 0.1) is 0 Å². The maximum absolute atomic E-state index is 11.3. The second-order valence-electron chi connectivity index (χ2n) is 4.95. The Morgan fingerprint density at radius 2 is 2.05 bits per heavy atom. The van der Waals surface area contributed by atoms with E-state index >= 15 is 0 Å². The smallest absolute Gasteiger partial charge is 0.252 e. The number of nitrogens with two attached hydrogens (primary N) is 1. The first kappa shape index (κ1) is 13.8. The Hall–Kier alpha value is -1.62. The summed E-state index contributed by atoms with van der Waals surface area (Å²) in [6.07, 6.45) is 6.93. The third-order valence-electron chi connectivity index (χ3n) is 3.49. The average molecular weight is 262 g/mol. The van der Waals surface area contributed by atoms with Crippen LogP contribution >= 0.6 is 0 Å². The summed E-state index contributed by atoms with van der Waals surface area (Å²) in [6, 6.07) is 3.42. The maximum Gasteiger partial charge on any atom is 0.252 e. The molecular weight excluding hydrogens is 240 g/mol. The summed E-state index contributed by atoms with van der Waals surface area (Å²) in [5.41, 5.74) is 5.78. The van der Waals surface area contributed by atoms with Gasteiger partial charge in [0.15, 0.2) is 0 Å². The van der Waals surface area contributed by atoms with Crippen molar-refractivity contribution in [2.75, 3.05) is 31.5 Å². The minimum atomic E-state index is -0.439. The molecule has 0 radical (unpaired) electrons. The quantitative estimate of drug-likeness (QED) is 0.843. The molecule has 0 bridgehead atoms. The largest absolute Gasteiger partial charge is 0.368 e. The zero-order chi connectivity index (χ0) is 13.5. The molecule has 1 amide bonds. The molecule has 3 N–H and O–H groups in total. The molecule has 1 aliphatic heterocycles. The van der Waals surface area contributed by atoms with Crippen molar-refractivity contribution in [3.05, 3.63) is 23.9 Å². The molecular formula is C14H22N4O. The third kappa shape index (κ3) is 4.21. The number of rotatable bonds is 5. The first-order chi connectivity index (χ1) is 9.27. The van der Waals surface area contributed by atoms with Gasteiger partial charge in [0, 0.05) is 19.3 Å². The summed E-state index contributed by atoms with van der Waals surface area (Å²) in [6.45, 7) is 4.12. The van der Waals surface area contributed by atoms with E-state index in [1.807, 2.05) is 0 Å². The molecule has 1 aromatic rings. The Morgan fingerprint density at radius 1 is 1.32 bits per heavy atom. The molecule has 19 heavy (non-hydrogen) atoms. The van der Waals surface area contributed by atoms with E-state index < -0.39 is 5.91 Å². The van der Waals surface area contributed by atoms with Gasteiger partial charge in [0.1, 0.15) is 5.82 Å². The van der Waals surface area contributed by atoms with Crippen molar-refractivity contribution in [2.45, 2.75) is 25.7 Å². The van der Waals surface area contributed by atoms with E-state index in [0.717, 1.165) is 13.1 Å². The van der Waals surface area contributed by atoms with E-state index in [1.54, 1.807) is 18.3 Å². The SMILES string of the molecule is NC(=O)c1cccnc1NCCN1CCCCCC1. The molecule has 1 aliphatic rings. The molecule has 0 aliphatic carbocycles. The lowest BCUT2D eigenvalue weighted by Crippen LogP contribution is -2.30. The molecule has 1 saturated heterocycles. The van der Waals surface area contributed by atoms with Crippen molar-refractivity contribution >= 4 is 11.7 Å². The predicted octanol–water partition coefficient (Wildman–Crippen LogP) is 1.47. The van der Waals surface area contributed by atoms with E-state index in [-0.39, 0.29) is 0 Å². The molecule has 1 fully saturated rings. The maximum atomic E-state index is 11.3. The number of nitrogens with one attached hydrogen (secondary N) is 1. The zero-order valence-electron chi connectivity index (χ0n) is 11.3. The minimum Gasteiger partial charge on any atom is -0.368 e. The number of nitrogens with zero attached hydrogens (tertiary/aromatic N) is 2. The first-order valence-electron chi connectivity index (χ1n) is 6.98. The second kappa shape index (κ2) is 7.09. The van der Waals surface area contributed by atoms with Gasteiger partial charge in [-0.15, -0.1) is 0 Å². The summed E-state index contributed by atoms with van der Waals surface area (Å²) in [7, 11) is 0. The van der Waals surface area contributed by atoms with Crippen molar-refractivity contribution in [2.24, 2.45) is 5.73 Å². The average Bonchev–Trinajstić information content (AvgIpc) is 2.68. The molecule has 0 unspecified atom stereocenters. The van der Waals surface area contributed by atoms with Gasteiger partial charge in [-0.05, 0) is 38.1 Å². The van der Waals surface area contributed by atoms with E-state index in [0.29, 0.717) is 11.4 Å². The Bertz CT molecular complexity index is 414. The highest BCUT2D eigenvalue weighted by Crippen LogP contribution is 2.11. The number of likely N-dealkylation sites (tertiary alicyclic amines) is 1. The van der Waals surface area contributed by atoms with Gasteiger partial charge in [-0.3, -0.25) is 4.79 Å². The number of hydrogen-bond acceptors (Lipinski definition) is 4. The normalized spacial score (nSPS) is 16.8. The number of hydrogen-bond donors (Lipinski definition) is 2. The second-order valence-corrected chi connectivity index (χ2v) is 4.95. The Morgan fingerprint density at radius 3 is 2.74 bits per heavy atom. The molecule has 104 valence electrons. The van der Waals surface area contributed by atoms with E-state index in [1.165, 1.54) is 38.8 Å². The number of anilines is 1. The molecule has 2 rings (SSSR count). The van der Waals surface area contributed by atoms with Crippen LogP contribution in [0.4, 0.5) is 5.82 Å². The van der Waals surface area contributed by atoms with Gasteiger partial charge in [0.05, 0.1) is 5.56 Å². The third-order valence-corrected chi connectivity index (χ3v) is 3.49. The molecule has 0 aromatic carbocycles. The number of carbonyl (C=O) groups is 1. The highest BCUT2D eigenvalue weighted by molar-refractivity contribution is 5.97. The first-order valence-corrected chi connectivity index (χ1v) is 6.98. The van der Waals surface area contributed by atoms with Crippen LogP contribution in [0.3, 0.4) is 0 Å². The molecule has 1 aromatic heterocycles. The number of amides is 1. The predicted molar refractivity (Wildman–Crippen MR) is 76.2 cm³/mol. The van der Waals surface area contributed by atoms with Crippen molar-refractivity contribution in [1.29, 1.82) is 0 Å². The lowest BCUT2D eigenvalue weighted by atomic mass is 10.2. The molecule has 5 nitrogen and oxygen atoms in total. The van der Waals surface area contributed by atoms with Gasteiger partial charge in [0.2, 0.25) is 0 Å². The fourth-order valence-corrected chi connectivity index (χ4v) is 2.44. The Labute approximate surface area is 114 Å². The summed E-state index contributed by atoms with van der Waals surface area (Å²) < 4.78 is 0. The van der Waals surface area contributed by atoms with Crippen LogP contribution in [-0.4, -0.2) is 42.0 Å². The van der Waals surface area contributed by atoms with Crippen LogP contribution in [0.15, 0.2) is 18.3 Å². The van der Waals surface area contributed by atoms with Gasteiger partial charge in [-0.1, -0.05) is 12.8 Å². The van der Waals surface area contributed by atoms with Crippen LogP contribution in [0.25, 0.3) is 0 Å². The standard InChI is InChI=1S/C14H22N4O/c15-13(19)12-6-5-7-16-14(12)17-8-11-18-9-3-1-2-4-10-18/h5-7H,1-4,8-11H2,(H2,15,19)(H,16,17). The summed E-state index contributed by atoms with van der Waals surface area (Å²) in [4.78, 5) is 17.9. The van der Waals surface area contributed by atoms with Crippen LogP contribution in [0.1, 0.15) is 36.0 Å². The number of primary amides is 1. The molecule has 2 heterocycles. The van der Waals surface area contributed by atoms with Crippen LogP contribution in [-0.2, 0) is 0 Å². The topological polar surface area (TPSA) is 71.2 Å². The summed E-state index contributed by atoms with van der Waals surface area (Å²) >= 11 is 0. The zero-order valence-corrected chi connectivity index (χ0v) is 11.3. The molecule has 0 atom stereocenters. The van der Waals surface area contributed by atoms with Crippen molar-refractivity contribution in [3.8, 4) is 0 Å². The van der Waals surface area contributed by atoms with Gasteiger partial charge >= 0.3 is 0 Å². The van der Waals surface area contributed by atoms with E-state index in [9.17, 15) is 4.79 Å². The molecule has 5 heteroatoms. The van der Waals surface area contributed by atoms with Crippen molar-refractivity contribution in [1.82, 2.24) is 9.88 Å². The highest BCUT2D eigenvalue weighted by atomic mass is 16.1. The fraction of sp³-hybridized carbons (Fsp3) is 0.571. The molecule has 0 saturated carbocycles. The van der Waals surface area contributed by atoms with E-state index in [2.05, 4.69) is 15.2 Å². The number of pyridine rings is 1. The highest BCUT2D eigenvalue weighted by Gasteiger charge is 2.10.